The van der Waals surface area contributed by atoms with E-state index in [9.17, 15) is 9.59 Å². The van der Waals surface area contributed by atoms with Crippen LogP contribution >= 0.6 is 0 Å². The molecule has 0 spiro atoms. The molecule has 1 fully saturated rings. The van der Waals surface area contributed by atoms with Crippen LogP contribution in [0.4, 0.5) is 22.9 Å². The number of anilines is 4. The van der Waals surface area contributed by atoms with Crippen LogP contribution in [0.3, 0.4) is 0 Å². The van der Waals surface area contributed by atoms with E-state index in [1.54, 1.807) is 54.4 Å². The normalized spacial score (nSPS) is 13.1. The van der Waals surface area contributed by atoms with Gasteiger partial charge in [-0.25, -0.2) is 15.0 Å². The zero-order valence-corrected chi connectivity index (χ0v) is 23.9. The van der Waals surface area contributed by atoms with Crippen LogP contribution in [0.15, 0.2) is 79.4 Å². The summed E-state index contributed by atoms with van der Waals surface area (Å²) in [4.78, 5) is 41.6. The van der Waals surface area contributed by atoms with Crippen molar-refractivity contribution in [3.05, 3.63) is 96.1 Å². The molecule has 1 amide bonds. The Morgan fingerprint density at radius 1 is 0.930 bits per heavy atom. The molecule has 218 valence electrons. The number of imidazole rings is 1. The fourth-order valence-corrected chi connectivity index (χ4v) is 4.92. The number of morpholine rings is 1. The number of methoxy groups -OCH3 is 1. The van der Waals surface area contributed by atoms with Gasteiger partial charge in [0.2, 0.25) is 0 Å². The quantitative estimate of drug-likeness (QED) is 0.237. The van der Waals surface area contributed by atoms with Gasteiger partial charge in [-0.1, -0.05) is 6.07 Å². The van der Waals surface area contributed by atoms with Crippen LogP contribution < -0.4 is 20.3 Å². The highest BCUT2D eigenvalue weighted by Crippen LogP contribution is 2.26. The first-order valence-corrected chi connectivity index (χ1v) is 13.9. The number of ether oxygens (including phenoxy) is 2. The third-order valence-corrected chi connectivity index (χ3v) is 7.38. The zero-order valence-electron chi connectivity index (χ0n) is 23.9. The summed E-state index contributed by atoms with van der Waals surface area (Å²) in [5.74, 6) is 0.847. The van der Waals surface area contributed by atoms with Crippen molar-refractivity contribution in [3.63, 3.8) is 0 Å². The predicted octanol–water partition coefficient (Wildman–Crippen LogP) is 4.86. The Bertz CT molecular complexity index is 1760. The average molecular weight is 578 g/mol. The summed E-state index contributed by atoms with van der Waals surface area (Å²) < 4.78 is 12.3. The summed E-state index contributed by atoms with van der Waals surface area (Å²) in [6.45, 7) is 5.15. The maximum Gasteiger partial charge on any atom is 0.255 e. The molecule has 0 atom stereocenters. The van der Waals surface area contributed by atoms with Crippen molar-refractivity contribution >= 4 is 45.7 Å². The van der Waals surface area contributed by atoms with E-state index in [0.29, 0.717) is 45.2 Å². The summed E-state index contributed by atoms with van der Waals surface area (Å²) in [6.07, 6.45) is 3.00. The van der Waals surface area contributed by atoms with Gasteiger partial charge in [-0.2, -0.15) is 0 Å². The molecule has 3 aromatic carbocycles. The van der Waals surface area contributed by atoms with Gasteiger partial charge in [0, 0.05) is 41.3 Å². The second-order valence-corrected chi connectivity index (χ2v) is 10.2. The van der Waals surface area contributed by atoms with Crippen LogP contribution in [-0.2, 0) is 11.3 Å². The minimum atomic E-state index is -0.226. The number of fused-ring (bicyclic) bond motifs is 1. The molecule has 5 aromatic rings. The monoisotopic (exact) mass is 577 g/mol. The van der Waals surface area contributed by atoms with Crippen molar-refractivity contribution in [2.45, 2.75) is 13.5 Å². The highest BCUT2D eigenvalue weighted by Gasteiger charge is 2.16. The predicted molar refractivity (Wildman–Crippen MR) is 165 cm³/mol. The van der Waals surface area contributed by atoms with Crippen molar-refractivity contribution < 1.29 is 19.1 Å². The largest absolute Gasteiger partial charge is 0.497 e. The Morgan fingerprint density at radius 2 is 1.67 bits per heavy atom. The third kappa shape index (κ3) is 6.16. The SMILES string of the molecule is COc1ccc(C(=O)Cn2cnc3c(Nc4cc(C(=O)Nc5ccc(N6CCOCC6)cc5)ccc4C)ncnc32)cc1. The molecule has 11 nitrogen and oxygen atoms in total. The van der Waals surface area contributed by atoms with Gasteiger partial charge in [-0.05, 0) is 73.2 Å². The van der Waals surface area contributed by atoms with Gasteiger partial charge in [0.15, 0.2) is 22.8 Å². The number of hydrogen-bond donors (Lipinski definition) is 2. The molecule has 1 aliphatic rings. The Balaban J connectivity index is 1.16. The van der Waals surface area contributed by atoms with Gasteiger partial charge in [-0.15, -0.1) is 0 Å². The van der Waals surface area contributed by atoms with E-state index in [2.05, 4.69) is 30.5 Å². The third-order valence-electron chi connectivity index (χ3n) is 7.38. The Hall–Kier alpha value is -5.29. The minimum Gasteiger partial charge on any atom is -0.497 e. The molecule has 0 bridgehead atoms. The van der Waals surface area contributed by atoms with E-state index < -0.39 is 0 Å². The topological polar surface area (TPSA) is 124 Å². The second kappa shape index (κ2) is 12.3. The number of hydrogen-bond acceptors (Lipinski definition) is 9. The number of amides is 1. The molecule has 0 radical (unpaired) electrons. The molecule has 6 rings (SSSR count). The number of carbonyl (C=O) groups excluding carboxylic acids is 2. The molecule has 0 aliphatic carbocycles. The number of Topliss-reactive ketones (excluding diaryl/α,β-unsaturated/α-hetero) is 1. The summed E-state index contributed by atoms with van der Waals surface area (Å²) in [5, 5.41) is 6.29. The lowest BCUT2D eigenvalue weighted by Gasteiger charge is -2.28. The number of nitrogens with one attached hydrogen (secondary N) is 2. The number of benzene rings is 3. The van der Waals surface area contributed by atoms with Gasteiger partial charge in [0.25, 0.3) is 5.91 Å². The van der Waals surface area contributed by atoms with Crippen molar-refractivity contribution in [2.24, 2.45) is 0 Å². The van der Waals surface area contributed by atoms with Crippen LogP contribution in [0.1, 0.15) is 26.3 Å². The van der Waals surface area contributed by atoms with Crippen molar-refractivity contribution in [1.29, 1.82) is 0 Å². The lowest BCUT2D eigenvalue weighted by molar-refractivity contribution is 0.0972. The Labute approximate surface area is 248 Å². The van der Waals surface area contributed by atoms with E-state index in [1.165, 1.54) is 6.33 Å². The van der Waals surface area contributed by atoms with Crippen molar-refractivity contribution in [3.8, 4) is 5.75 Å². The van der Waals surface area contributed by atoms with E-state index in [-0.39, 0.29) is 18.2 Å². The number of nitrogens with zero attached hydrogens (tertiary/aromatic N) is 5. The maximum atomic E-state index is 13.1. The van der Waals surface area contributed by atoms with Crippen LogP contribution in [0.2, 0.25) is 0 Å². The van der Waals surface area contributed by atoms with Gasteiger partial charge in [-0.3, -0.25) is 9.59 Å². The molecular weight excluding hydrogens is 546 g/mol. The number of carbonyl (C=O) groups is 2. The molecule has 2 N–H and O–H groups in total. The highest BCUT2D eigenvalue weighted by atomic mass is 16.5. The molecule has 11 heteroatoms. The van der Waals surface area contributed by atoms with Crippen LogP contribution in [-0.4, -0.2) is 64.6 Å². The summed E-state index contributed by atoms with van der Waals surface area (Å²) in [5.41, 5.74) is 5.54. The van der Waals surface area contributed by atoms with E-state index in [4.69, 9.17) is 9.47 Å². The van der Waals surface area contributed by atoms with Crippen LogP contribution in [0.25, 0.3) is 11.2 Å². The first-order valence-electron chi connectivity index (χ1n) is 13.9. The molecule has 43 heavy (non-hydrogen) atoms. The lowest BCUT2D eigenvalue weighted by atomic mass is 10.1. The standard InChI is InChI=1S/C32H31N7O4/c1-21-3-4-23(32(41)36-24-7-9-25(10-8-24)38-13-15-43-16-14-38)17-27(21)37-30-29-31(34-19-33-30)39(20-35-29)18-28(40)22-5-11-26(42-2)12-6-22/h3-12,17,19-20H,13-16,18H2,1-2H3,(H,36,41)(H,33,34,37). The van der Waals surface area contributed by atoms with Gasteiger partial charge in [0.05, 0.1) is 33.2 Å². The molecule has 0 unspecified atom stereocenters. The Morgan fingerprint density at radius 3 is 2.42 bits per heavy atom. The highest BCUT2D eigenvalue weighted by molar-refractivity contribution is 6.05. The number of aryl methyl sites for hydroxylation is 1. The lowest BCUT2D eigenvalue weighted by Crippen LogP contribution is -2.36. The van der Waals surface area contributed by atoms with E-state index >= 15 is 0 Å². The Kier molecular flexibility index (Phi) is 7.96. The van der Waals surface area contributed by atoms with Crippen LogP contribution in [0.5, 0.6) is 5.75 Å². The maximum absolute atomic E-state index is 13.1. The zero-order chi connectivity index (χ0) is 29.8. The number of aromatic nitrogens is 4. The summed E-state index contributed by atoms with van der Waals surface area (Å²) >= 11 is 0. The summed E-state index contributed by atoms with van der Waals surface area (Å²) in [6, 6.07) is 20.2. The fraction of sp³-hybridized carbons (Fsp3) is 0.219. The van der Waals surface area contributed by atoms with Gasteiger partial charge >= 0.3 is 0 Å². The minimum absolute atomic E-state index is 0.0708. The molecule has 1 saturated heterocycles. The second-order valence-electron chi connectivity index (χ2n) is 10.2. The first kappa shape index (κ1) is 27.9. The van der Waals surface area contributed by atoms with Gasteiger partial charge in [0.1, 0.15) is 12.1 Å². The molecule has 3 heterocycles. The smallest absolute Gasteiger partial charge is 0.255 e. The van der Waals surface area contributed by atoms with Crippen molar-refractivity contribution in [2.75, 3.05) is 48.9 Å². The molecule has 0 saturated carbocycles. The number of rotatable bonds is 9. The van der Waals surface area contributed by atoms with Crippen molar-refractivity contribution in [1.82, 2.24) is 19.5 Å². The summed E-state index contributed by atoms with van der Waals surface area (Å²) in [7, 11) is 1.58. The molecular formula is C32H31N7O4. The number of ketones is 1. The average Bonchev–Trinajstić information content (AvgIpc) is 3.46. The molecule has 2 aromatic heterocycles. The molecule has 1 aliphatic heterocycles. The van der Waals surface area contributed by atoms with Crippen LogP contribution in [0, 0.1) is 6.92 Å². The first-order chi connectivity index (χ1) is 21.0. The fourth-order valence-electron chi connectivity index (χ4n) is 4.92. The van der Waals surface area contributed by atoms with E-state index in [0.717, 1.165) is 37.6 Å². The van der Waals surface area contributed by atoms with Gasteiger partial charge < -0.3 is 29.6 Å². The van der Waals surface area contributed by atoms with E-state index in [1.807, 2.05) is 37.3 Å².